The van der Waals surface area contributed by atoms with E-state index in [1.54, 1.807) is 0 Å². The Bertz CT molecular complexity index is 537. The largest absolute Gasteiger partial charge is 0.507 e. The van der Waals surface area contributed by atoms with Crippen LogP contribution in [-0.4, -0.2) is 42.9 Å². The Balaban J connectivity index is 0.00000312. The minimum Gasteiger partial charge on any atom is -0.507 e. The molecule has 1 aliphatic rings. The molecule has 0 unspecified atom stereocenters. The van der Waals surface area contributed by atoms with Gasteiger partial charge in [0.1, 0.15) is 12.4 Å². The second-order valence-corrected chi connectivity index (χ2v) is 8.92. The number of phenols is 1. The SMILES string of the molecule is CC(C)(C)c1cc([C@H](CF)N2CCNCC2)cc(C(C)(C)C)c1O.Cl. The molecular weight excluding hydrogens is 339 g/mol. The number of piperazine rings is 1. The van der Waals surface area contributed by atoms with E-state index in [4.69, 9.17) is 0 Å². The maximum Gasteiger partial charge on any atom is 0.123 e. The van der Waals surface area contributed by atoms with E-state index in [-0.39, 0.29) is 29.3 Å². The molecule has 1 fully saturated rings. The van der Waals surface area contributed by atoms with Gasteiger partial charge in [0.25, 0.3) is 0 Å². The standard InChI is InChI=1S/C20H33FN2O.ClH/c1-19(2,3)15-11-14(12-16(18(15)24)20(4,5)6)17(13-21)23-9-7-22-8-10-23;/h11-12,17,22,24H,7-10,13H2,1-6H3;1H/t17-;/m0./s1. The van der Waals surface area contributed by atoms with Gasteiger partial charge >= 0.3 is 0 Å². The van der Waals surface area contributed by atoms with Crippen LogP contribution in [0.1, 0.15) is 64.3 Å². The summed E-state index contributed by atoms with van der Waals surface area (Å²) < 4.78 is 14.0. The maximum absolute atomic E-state index is 14.0. The van der Waals surface area contributed by atoms with Crippen LogP contribution in [0.2, 0.25) is 0 Å². The Morgan fingerprint density at radius 2 is 1.48 bits per heavy atom. The van der Waals surface area contributed by atoms with Gasteiger partial charge in [-0.3, -0.25) is 4.90 Å². The van der Waals surface area contributed by atoms with E-state index in [0.29, 0.717) is 5.75 Å². The summed E-state index contributed by atoms with van der Waals surface area (Å²) in [6.45, 7) is 15.6. The first-order chi connectivity index (χ1) is 11.1. The molecule has 0 spiro atoms. The number of rotatable bonds is 3. The maximum atomic E-state index is 14.0. The van der Waals surface area contributed by atoms with Crippen LogP contribution in [0.4, 0.5) is 4.39 Å². The van der Waals surface area contributed by atoms with Crippen molar-refractivity contribution >= 4 is 12.4 Å². The summed E-state index contributed by atoms with van der Waals surface area (Å²) in [6.07, 6.45) is 0. The lowest BCUT2D eigenvalue weighted by molar-refractivity contribution is 0.147. The van der Waals surface area contributed by atoms with Crippen LogP contribution >= 0.6 is 12.4 Å². The second-order valence-electron chi connectivity index (χ2n) is 8.92. The van der Waals surface area contributed by atoms with Gasteiger partial charge in [-0.15, -0.1) is 12.4 Å². The summed E-state index contributed by atoms with van der Waals surface area (Å²) in [6, 6.07) is 3.78. The molecule has 0 saturated carbocycles. The van der Waals surface area contributed by atoms with Crippen molar-refractivity contribution in [2.45, 2.75) is 58.4 Å². The van der Waals surface area contributed by atoms with Gasteiger partial charge in [-0.2, -0.15) is 0 Å². The van der Waals surface area contributed by atoms with Crippen molar-refractivity contribution in [3.05, 3.63) is 28.8 Å². The van der Waals surface area contributed by atoms with E-state index >= 15 is 0 Å². The number of phenolic OH excluding ortho intramolecular Hbond substituents is 1. The fraction of sp³-hybridized carbons (Fsp3) is 0.700. The molecule has 0 aromatic heterocycles. The number of alkyl halides is 1. The summed E-state index contributed by atoms with van der Waals surface area (Å²) in [5.74, 6) is 0.358. The second kappa shape index (κ2) is 8.24. The Kier molecular flexibility index (Phi) is 7.31. The van der Waals surface area contributed by atoms with Gasteiger partial charge in [-0.1, -0.05) is 41.5 Å². The molecule has 1 aromatic rings. The molecule has 2 N–H and O–H groups in total. The lowest BCUT2D eigenvalue weighted by Gasteiger charge is -2.35. The highest BCUT2D eigenvalue weighted by molar-refractivity contribution is 5.85. The van der Waals surface area contributed by atoms with Gasteiger partial charge in [0, 0.05) is 26.2 Å². The summed E-state index contributed by atoms with van der Waals surface area (Å²) in [4.78, 5) is 2.21. The highest BCUT2D eigenvalue weighted by Gasteiger charge is 2.30. The number of halogens is 2. The fourth-order valence-electron chi connectivity index (χ4n) is 3.38. The molecule has 5 heteroatoms. The first kappa shape index (κ1) is 22.2. The van der Waals surface area contributed by atoms with E-state index in [9.17, 15) is 9.50 Å². The van der Waals surface area contributed by atoms with Crippen LogP contribution in [0.25, 0.3) is 0 Å². The van der Waals surface area contributed by atoms with Crippen LogP contribution in [0.15, 0.2) is 12.1 Å². The van der Waals surface area contributed by atoms with Gasteiger partial charge in [0.2, 0.25) is 0 Å². The molecule has 0 radical (unpaired) electrons. The van der Waals surface area contributed by atoms with Crippen LogP contribution < -0.4 is 5.32 Å². The molecule has 3 nitrogen and oxygen atoms in total. The zero-order valence-electron chi connectivity index (χ0n) is 16.4. The van der Waals surface area contributed by atoms with Crippen LogP contribution in [0.3, 0.4) is 0 Å². The predicted molar refractivity (Wildman–Crippen MR) is 106 cm³/mol. The number of nitrogens with one attached hydrogen (secondary N) is 1. The van der Waals surface area contributed by atoms with Crippen molar-refractivity contribution in [1.82, 2.24) is 10.2 Å². The van der Waals surface area contributed by atoms with Crippen LogP contribution in [0.5, 0.6) is 5.75 Å². The molecule has 0 bridgehead atoms. The monoisotopic (exact) mass is 372 g/mol. The Morgan fingerprint density at radius 3 is 1.84 bits per heavy atom. The van der Waals surface area contributed by atoms with Crippen LogP contribution in [0, 0.1) is 0 Å². The third-order valence-corrected chi connectivity index (χ3v) is 4.87. The number of nitrogens with zero attached hydrogens (tertiary/aromatic N) is 1. The zero-order valence-corrected chi connectivity index (χ0v) is 17.3. The van der Waals surface area contributed by atoms with Gasteiger partial charge in [-0.05, 0) is 39.7 Å². The molecule has 1 atom stereocenters. The van der Waals surface area contributed by atoms with E-state index < -0.39 is 6.67 Å². The highest BCUT2D eigenvalue weighted by atomic mass is 35.5. The lowest BCUT2D eigenvalue weighted by atomic mass is 9.77. The smallest absolute Gasteiger partial charge is 0.123 e. The first-order valence-corrected chi connectivity index (χ1v) is 8.94. The van der Waals surface area contributed by atoms with Crippen LogP contribution in [-0.2, 0) is 10.8 Å². The molecule has 2 rings (SSSR count). The lowest BCUT2D eigenvalue weighted by Crippen LogP contribution is -2.45. The summed E-state index contributed by atoms with van der Waals surface area (Å²) >= 11 is 0. The number of hydrogen-bond acceptors (Lipinski definition) is 3. The Hall–Kier alpha value is -0.840. The molecule has 0 amide bonds. The van der Waals surface area contributed by atoms with E-state index in [1.807, 2.05) is 12.1 Å². The predicted octanol–water partition coefficient (Wildman–Crippen LogP) is 4.32. The third-order valence-electron chi connectivity index (χ3n) is 4.87. The van der Waals surface area contributed by atoms with Gasteiger partial charge in [0.15, 0.2) is 0 Å². The minimum atomic E-state index is -0.405. The average molecular weight is 373 g/mol. The number of aromatic hydroxyl groups is 1. The van der Waals surface area contributed by atoms with Gasteiger partial charge < -0.3 is 10.4 Å². The van der Waals surface area contributed by atoms with Crippen molar-refractivity contribution in [2.75, 3.05) is 32.9 Å². The van der Waals surface area contributed by atoms with Gasteiger partial charge in [0.05, 0.1) is 6.04 Å². The molecule has 1 saturated heterocycles. The summed E-state index contributed by atoms with van der Waals surface area (Å²) in [7, 11) is 0. The van der Waals surface area contributed by atoms with Crippen molar-refractivity contribution in [3.63, 3.8) is 0 Å². The molecule has 1 aromatic carbocycles. The number of benzene rings is 1. The minimum absolute atomic E-state index is 0. The molecule has 1 heterocycles. The zero-order chi connectivity index (χ0) is 18.1. The highest BCUT2D eigenvalue weighted by Crippen LogP contribution is 2.41. The topological polar surface area (TPSA) is 35.5 Å². The van der Waals surface area contributed by atoms with E-state index in [1.165, 1.54) is 0 Å². The molecular formula is C20H34ClFN2O. The molecule has 25 heavy (non-hydrogen) atoms. The molecule has 0 aliphatic carbocycles. The Labute approximate surface area is 158 Å². The Morgan fingerprint density at radius 1 is 1.04 bits per heavy atom. The quantitative estimate of drug-likeness (QED) is 0.829. The summed E-state index contributed by atoms with van der Waals surface area (Å²) in [5, 5.41) is 14.2. The third kappa shape index (κ3) is 5.08. The number of hydrogen-bond donors (Lipinski definition) is 2. The fourth-order valence-corrected chi connectivity index (χ4v) is 3.38. The molecule has 1 aliphatic heterocycles. The van der Waals surface area contributed by atoms with Crippen molar-refractivity contribution in [3.8, 4) is 5.75 Å². The molecule has 144 valence electrons. The van der Waals surface area contributed by atoms with Crippen molar-refractivity contribution in [1.29, 1.82) is 0 Å². The van der Waals surface area contributed by atoms with E-state index in [0.717, 1.165) is 42.9 Å². The average Bonchev–Trinajstić information content (AvgIpc) is 2.48. The normalized spacial score (nSPS) is 17.9. The first-order valence-electron chi connectivity index (χ1n) is 8.94. The van der Waals surface area contributed by atoms with Crippen molar-refractivity contribution < 1.29 is 9.50 Å². The van der Waals surface area contributed by atoms with E-state index in [2.05, 4.69) is 51.8 Å². The van der Waals surface area contributed by atoms with Gasteiger partial charge in [-0.25, -0.2) is 4.39 Å². The van der Waals surface area contributed by atoms with Crippen molar-refractivity contribution in [2.24, 2.45) is 0 Å². The summed E-state index contributed by atoms with van der Waals surface area (Å²) in [5.41, 5.74) is 2.40.